The summed E-state index contributed by atoms with van der Waals surface area (Å²) in [4.78, 5) is 24.5. The molecule has 1 aliphatic heterocycles. The van der Waals surface area contributed by atoms with Crippen molar-refractivity contribution in [1.29, 1.82) is 0 Å². The minimum Gasteiger partial charge on any atom is -0.394 e. The van der Waals surface area contributed by atoms with Crippen molar-refractivity contribution in [3.05, 3.63) is 56.2 Å². The van der Waals surface area contributed by atoms with E-state index >= 15 is 0 Å². The number of likely N-dealkylation sites (tertiary alicyclic amines) is 1. The Morgan fingerprint density at radius 1 is 1.24 bits per heavy atom. The van der Waals surface area contributed by atoms with Gasteiger partial charge in [0.25, 0.3) is 5.69 Å². The van der Waals surface area contributed by atoms with Crippen molar-refractivity contribution in [3.63, 3.8) is 0 Å². The highest BCUT2D eigenvalue weighted by Crippen LogP contribution is 2.35. The molecule has 182 valence electrons. The number of hydrogen-bond acceptors (Lipinski definition) is 9. The Hall–Kier alpha value is -2.66. The van der Waals surface area contributed by atoms with E-state index in [1.807, 2.05) is 13.8 Å². The van der Waals surface area contributed by atoms with Crippen molar-refractivity contribution < 1.29 is 15.1 Å². The number of nitrogens with one attached hydrogen (secondary N) is 1. The van der Waals surface area contributed by atoms with Gasteiger partial charge in [-0.15, -0.1) is 11.3 Å². The van der Waals surface area contributed by atoms with E-state index in [0.29, 0.717) is 23.8 Å². The fourth-order valence-corrected chi connectivity index (χ4v) is 5.36. The molecular weight excluding hydrogens is 454 g/mol. The van der Waals surface area contributed by atoms with Crippen LogP contribution in [0.2, 0.25) is 0 Å². The first kappa shape index (κ1) is 24.5. The van der Waals surface area contributed by atoms with E-state index in [1.165, 1.54) is 37.1 Å². The topological polar surface area (TPSA) is 125 Å². The number of aliphatic hydroxyl groups is 2. The normalized spacial score (nSPS) is 17.1. The summed E-state index contributed by atoms with van der Waals surface area (Å²) in [7, 11) is 0. The molecule has 0 saturated carbocycles. The Labute approximate surface area is 202 Å². The molecule has 0 aliphatic carbocycles. The van der Waals surface area contributed by atoms with Gasteiger partial charge in [-0.25, -0.2) is 9.97 Å². The van der Waals surface area contributed by atoms with Crippen molar-refractivity contribution in [1.82, 2.24) is 14.9 Å². The fourth-order valence-electron chi connectivity index (χ4n) is 4.31. The van der Waals surface area contributed by atoms with Crippen LogP contribution in [0.15, 0.2) is 24.3 Å². The van der Waals surface area contributed by atoms with E-state index in [9.17, 15) is 20.3 Å². The number of thiophene rings is 1. The third-order valence-electron chi connectivity index (χ3n) is 6.66. The number of nitrogens with zero attached hydrogens (tertiary/aromatic N) is 4. The second-order valence-electron chi connectivity index (χ2n) is 9.14. The van der Waals surface area contributed by atoms with Crippen molar-refractivity contribution in [2.75, 3.05) is 25.0 Å². The molecule has 1 saturated heterocycles. The second-order valence-corrected chi connectivity index (χ2v) is 10.3. The van der Waals surface area contributed by atoms with Crippen LogP contribution in [0.4, 0.5) is 11.5 Å². The smallest absolute Gasteiger partial charge is 0.269 e. The Bertz CT molecular complexity index is 1160. The number of nitro groups is 1. The first-order valence-corrected chi connectivity index (χ1v) is 12.4. The summed E-state index contributed by atoms with van der Waals surface area (Å²) < 4.78 is 0. The molecule has 3 N–H and O–H groups in total. The number of anilines is 1. The quantitative estimate of drug-likeness (QED) is 0.324. The van der Waals surface area contributed by atoms with E-state index in [2.05, 4.69) is 17.1 Å². The monoisotopic (exact) mass is 485 g/mol. The molecule has 9 nitrogen and oxygen atoms in total. The minimum absolute atomic E-state index is 0.0527. The van der Waals surface area contributed by atoms with Crippen molar-refractivity contribution in [3.8, 4) is 0 Å². The third-order valence-corrected chi connectivity index (χ3v) is 7.76. The van der Waals surface area contributed by atoms with Gasteiger partial charge in [-0.3, -0.25) is 15.0 Å². The van der Waals surface area contributed by atoms with Crippen LogP contribution >= 0.6 is 11.3 Å². The highest BCUT2D eigenvalue weighted by molar-refractivity contribution is 7.18. The van der Waals surface area contributed by atoms with E-state index in [-0.39, 0.29) is 12.3 Å². The van der Waals surface area contributed by atoms with Crippen LogP contribution in [0.5, 0.6) is 0 Å². The Balaban J connectivity index is 1.62. The maximum absolute atomic E-state index is 10.9. The van der Waals surface area contributed by atoms with Crippen molar-refractivity contribution in [2.45, 2.75) is 52.3 Å². The molecule has 4 rings (SSSR count). The molecule has 3 heterocycles. The molecular formula is C24H31N5O4S. The van der Waals surface area contributed by atoms with Gasteiger partial charge in [0, 0.05) is 17.0 Å². The number of piperidine rings is 1. The summed E-state index contributed by atoms with van der Waals surface area (Å²) in [6.45, 7) is 8.71. The number of benzene rings is 1. The molecule has 10 heteroatoms. The number of aliphatic hydroxyl groups excluding tert-OH is 2. The lowest BCUT2D eigenvalue weighted by Crippen LogP contribution is -2.34. The molecule has 3 aromatic rings. The fraction of sp³-hybridized carbons (Fsp3) is 0.500. The first-order chi connectivity index (χ1) is 16.3. The number of nitro benzene ring substituents is 1. The predicted octanol–water partition coefficient (Wildman–Crippen LogP) is 3.95. The van der Waals surface area contributed by atoms with Crippen LogP contribution in [0, 0.1) is 29.9 Å². The van der Waals surface area contributed by atoms with E-state index in [1.54, 1.807) is 11.3 Å². The zero-order valence-corrected chi connectivity index (χ0v) is 20.5. The molecule has 2 aromatic heterocycles. The number of aromatic nitrogens is 2. The van der Waals surface area contributed by atoms with E-state index in [4.69, 9.17) is 9.97 Å². The molecule has 0 radical (unpaired) electrons. The summed E-state index contributed by atoms with van der Waals surface area (Å²) in [6, 6.07) is 4.96. The molecule has 1 fully saturated rings. The largest absolute Gasteiger partial charge is 0.394 e. The highest BCUT2D eigenvalue weighted by Gasteiger charge is 2.25. The summed E-state index contributed by atoms with van der Waals surface area (Å²) in [5.41, 5.74) is 1.49. The van der Waals surface area contributed by atoms with Gasteiger partial charge in [0.1, 0.15) is 22.6 Å². The lowest BCUT2D eigenvalue weighted by Gasteiger charge is -2.29. The average molecular weight is 486 g/mol. The first-order valence-electron chi connectivity index (χ1n) is 11.6. The molecule has 0 spiro atoms. The summed E-state index contributed by atoms with van der Waals surface area (Å²) in [6.07, 6.45) is 1.25. The van der Waals surface area contributed by atoms with Crippen LogP contribution in [-0.4, -0.2) is 55.7 Å². The van der Waals surface area contributed by atoms with E-state index in [0.717, 1.165) is 39.7 Å². The zero-order chi connectivity index (χ0) is 24.4. The van der Waals surface area contributed by atoms with E-state index < -0.39 is 17.1 Å². The van der Waals surface area contributed by atoms with Gasteiger partial charge in [-0.1, -0.05) is 6.92 Å². The average Bonchev–Trinajstić information content (AvgIpc) is 3.11. The Morgan fingerprint density at radius 2 is 1.91 bits per heavy atom. The molecule has 2 atom stereocenters. The van der Waals surface area contributed by atoms with Crippen LogP contribution < -0.4 is 5.32 Å². The summed E-state index contributed by atoms with van der Waals surface area (Å²) in [5, 5.41) is 36.1. The van der Waals surface area contributed by atoms with Crippen LogP contribution in [-0.2, 0) is 6.54 Å². The van der Waals surface area contributed by atoms with Gasteiger partial charge in [0.15, 0.2) is 0 Å². The number of hydrogen-bond donors (Lipinski definition) is 3. The number of fused-ring (bicyclic) bond motifs is 1. The van der Waals surface area contributed by atoms with Gasteiger partial charge in [0.2, 0.25) is 0 Å². The Kier molecular flexibility index (Phi) is 7.42. The zero-order valence-electron chi connectivity index (χ0n) is 19.7. The van der Waals surface area contributed by atoms with Gasteiger partial charge >= 0.3 is 0 Å². The predicted molar refractivity (Wildman–Crippen MR) is 133 cm³/mol. The molecule has 2 unspecified atom stereocenters. The second kappa shape index (κ2) is 10.3. The molecule has 1 aliphatic rings. The number of aryl methyl sites for hydroxylation is 2. The molecule has 0 amide bonds. The highest BCUT2D eigenvalue weighted by atomic mass is 32.1. The molecule has 1 aromatic carbocycles. The number of non-ortho nitro benzene ring substituents is 1. The van der Waals surface area contributed by atoms with Gasteiger partial charge in [-0.05, 0) is 69.0 Å². The van der Waals surface area contributed by atoms with Gasteiger partial charge in [0.05, 0.1) is 29.5 Å². The van der Waals surface area contributed by atoms with Gasteiger partial charge < -0.3 is 15.5 Å². The Morgan fingerprint density at radius 3 is 2.53 bits per heavy atom. The maximum Gasteiger partial charge on any atom is 0.269 e. The summed E-state index contributed by atoms with van der Waals surface area (Å²) in [5.74, 6) is 2.05. The lowest BCUT2D eigenvalue weighted by molar-refractivity contribution is -0.384. The maximum atomic E-state index is 10.9. The van der Waals surface area contributed by atoms with Crippen LogP contribution in [0.3, 0.4) is 0 Å². The molecule has 0 bridgehead atoms. The summed E-state index contributed by atoms with van der Waals surface area (Å²) >= 11 is 1.61. The molecule has 34 heavy (non-hydrogen) atoms. The SMILES string of the molecule is Cc1sc2nc(CN3CCC(C)CC3)nc(NC(CO)C(O)c3ccc([N+](=O)[O-])cc3)c2c1C. The van der Waals surface area contributed by atoms with Crippen LogP contribution in [0.1, 0.15) is 47.7 Å². The van der Waals surface area contributed by atoms with Crippen molar-refractivity contribution in [2.24, 2.45) is 5.92 Å². The van der Waals surface area contributed by atoms with Crippen LogP contribution in [0.25, 0.3) is 10.2 Å². The minimum atomic E-state index is -1.08. The number of rotatable bonds is 8. The van der Waals surface area contributed by atoms with Gasteiger partial charge in [-0.2, -0.15) is 0 Å². The third kappa shape index (κ3) is 5.20. The lowest BCUT2D eigenvalue weighted by atomic mass is 9.99. The van der Waals surface area contributed by atoms with Crippen molar-refractivity contribution >= 4 is 33.1 Å². The standard InChI is InChI=1S/C24H31N5O4S/c1-14-8-10-28(11-9-14)12-20-26-23(21-15(2)16(3)34-24(21)27-20)25-19(13-30)22(31)17-4-6-18(7-5-17)29(32)33/h4-7,14,19,22,30-31H,8-13H2,1-3H3,(H,25,26,27).